The molecule has 2 aromatic rings. The molecule has 0 saturated heterocycles. The molecule has 18 heavy (non-hydrogen) atoms. The average Bonchev–Trinajstić information content (AvgIpc) is 2.71. The largest absolute Gasteiger partial charge is 0.347 e. The van der Waals surface area contributed by atoms with E-state index in [1.165, 1.54) is 6.07 Å². The maximum absolute atomic E-state index is 10.9. The van der Waals surface area contributed by atoms with Crippen molar-refractivity contribution in [3.05, 3.63) is 40.6 Å². The Morgan fingerprint density at radius 2 is 2.17 bits per heavy atom. The highest BCUT2D eigenvalue weighted by atomic mass is 16.6. The van der Waals surface area contributed by atoms with Crippen LogP contribution >= 0.6 is 0 Å². The Kier molecular flexibility index (Phi) is 3.41. The summed E-state index contributed by atoms with van der Waals surface area (Å²) in [7, 11) is 0. The molecule has 5 nitrogen and oxygen atoms in total. The Morgan fingerprint density at radius 3 is 2.83 bits per heavy atom. The molecule has 0 fully saturated rings. The lowest BCUT2D eigenvalue weighted by Crippen LogP contribution is -1.99. The van der Waals surface area contributed by atoms with Gasteiger partial charge >= 0.3 is 0 Å². The van der Waals surface area contributed by atoms with Crippen LogP contribution in [-0.2, 0) is 11.3 Å². The van der Waals surface area contributed by atoms with Crippen LogP contribution in [0, 0.1) is 10.1 Å². The van der Waals surface area contributed by atoms with Crippen LogP contribution in [0.25, 0.3) is 10.9 Å². The number of carbonyl (C=O) groups excluding carboxylic acids is 1. The van der Waals surface area contributed by atoms with Gasteiger partial charge in [-0.2, -0.15) is 0 Å². The van der Waals surface area contributed by atoms with E-state index in [1.807, 2.05) is 16.8 Å². The number of nitro groups is 1. The van der Waals surface area contributed by atoms with E-state index in [0.717, 1.165) is 17.3 Å². The van der Waals surface area contributed by atoms with E-state index in [2.05, 4.69) is 0 Å². The van der Waals surface area contributed by atoms with Gasteiger partial charge in [0, 0.05) is 36.7 Å². The molecular weight excluding hydrogens is 232 g/mol. The van der Waals surface area contributed by atoms with E-state index >= 15 is 0 Å². The molecule has 0 unspecified atom stereocenters. The summed E-state index contributed by atoms with van der Waals surface area (Å²) in [6.07, 6.45) is 3.19. The lowest BCUT2D eigenvalue weighted by atomic mass is 10.2. The van der Waals surface area contributed by atoms with Crippen molar-refractivity contribution in [1.29, 1.82) is 0 Å². The molecule has 0 spiro atoms. The molecule has 0 N–H and O–H groups in total. The third-order valence-corrected chi connectivity index (χ3v) is 2.90. The van der Waals surface area contributed by atoms with Crippen molar-refractivity contribution in [3.8, 4) is 0 Å². The van der Waals surface area contributed by atoms with Crippen molar-refractivity contribution in [2.45, 2.75) is 26.3 Å². The second kappa shape index (κ2) is 5.00. The molecule has 2 rings (SSSR count). The van der Waals surface area contributed by atoms with E-state index in [9.17, 15) is 14.9 Å². The predicted molar refractivity (Wildman–Crippen MR) is 68.5 cm³/mol. The number of non-ortho nitro benzene ring substituents is 1. The van der Waals surface area contributed by atoms with Crippen molar-refractivity contribution in [1.82, 2.24) is 4.57 Å². The topological polar surface area (TPSA) is 65.1 Å². The van der Waals surface area contributed by atoms with Gasteiger partial charge in [0.2, 0.25) is 0 Å². The Balaban J connectivity index is 2.25. The molecular formula is C13H14N2O3. The van der Waals surface area contributed by atoms with Gasteiger partial charge in [-0.3, -0.25) is 10.1 Å². The number of nitro benzene ring substituents is 1. The van der Waals surface area contributed by atoms with E-state index < -0.39 is 4.92 Å². The fourth-order valence-electron chi connectivity index (χ4n) is 1.98. The molecule has 0 aliphatic heterocycles. The second-order valence-corrected chi connectivity index (χ2v) is 4.31. The predicted octanol–water partition coefficient (Wildman–Crippen LogP) is 2.92. The van der Waals surface area contributed by atoms with Crippen molar-refractivity contribution in [3.63, 3.8) is 0 Å². The van der Waals surface area contributed by atoms with E-state index in [-0.39, 0.29) is 11.5 Å². The summed E-state index contributed by atoms with van der Waals surface area (Å²) in [5, 5.41) is 11.7. The van der Waals surface area contributed by atoms with E-state index in [1.54, 1.807) is 19.1 Å². The van der Waals surface area contributed by atoms with E-state index in [0.29, 0.717) is 13.0 Å². The summed E-state index contributed by atoms with van der Waals surface area (Å²) < 4.78 is 1.95. The standard InChI is InChI=1S/C13H14N2O3/c1-10(16)3-2-7-14-8-6-11-4-5-12(15(17)18)9-13(11)14/h4-6,8-9H,2-3,7H2,1H3. The van der Waals surface area contributed by atoms with Crippen LogP contribution < -0.4 is 0 Å². The number of nitrogens with zero attached hydrogens (tertiary/aromatic N) is 2. The van der Waals surface area contributed by atoms with Crippen LogP contribution in [0.1, 0.15) is 19.8 Å². The fourth-order valence-corrected chi connectivity index (χ4v) is 1.98. The smallest absolute Gasteiger partial charge is 0.271 e. The maximum atomic E-state index is 10.9. The first-order chi connectivity index (χ1) is 8.58. The lowest BCUT2D eigenvalue weighted by molar-refractivity contribution is -0.384. The van der Waals surface area contributed by atoms with Crippen molar-refractivity contribution in [2.75, 3.05) is 0 Å². The summed E-state index contributed by atoms with van der Waals surface area (Å²) in [5.41, 5.74) is 0.932. The van der Waals surface area contributed by atoms with Gasteiger partial charge in [-0.25, -0.2) is 0 Å². The van der Waals surface area contributed by atoms with Crippen LogP contribution in [0.5, 0.6) is 0 Å². The van der Waals surface area contributed by atoms with Crippen LogP contribution in [0.3, 0.4) is 0 Å². The fraction of sp³-hybridized carbons (Fsp3) is 0.308. The minimum Gasteiger partial charge on any atom is -0.347 e. The Labute approximate surface area is 104 Å². The van der Waals surface area contributed by atoms with Gasteiger partial charge in [-0.15, -0.1) is 0 Å². The van der Waals surface area contributed by atoms with Crippen LogP contribution in [0.4, 0.5) is 5.69 Å². The minimum atomic E-state index is -0.396. The molecule has 0 atom stereocenters. The molecule has 0 radical (unpaired) electrons. The number of hydrogen-bond donors (Lipinski definition) is 0. The molecule has 1 aromatic carbocycles. The molecule has 1 heterocycles. The van der Waals surface area contributed by atoms with Gasteiger partial charge in [0.1, 0.15) is 5.78 Å². The number of fused-ring (bicyclic) bond motifs is 1. The summed E-state index contributed by atoms with van der Waals surface area (Å²) >= 11 is 0. The van der Waals surface area contributed by atoms with Gasteiger partial charge in [-0.05, 0) is 25.5 Å². The minimum absolute atomic E-state index is 0.0917. The lowest BCUT2D eigenvalue weighted by Gasteiger charge is -2.04. The number of aryl methyl sites for hydroxylation is 1. The molecule has 0 saturated carbocycles. The third-order valence-electron chi connectivity index (χ3n) is 2.90. The zero-order valence-corrected chi connectivity index (χ0v) is 10.1. The highest BCUT2D eigenvalue weighted by Gasteiger charge is 2.09. The Bertz CT molecular complexity index is 601. The quantitative estimate of drug-likeness (QED) is 0.601. The third kappa shape index (κ3) is 2.56. The van der Waals surface area contributed by atoms with Crippen molar-refractivity contribution < 1.29 is 9.72 Å². The summed E-state index contributed by atoms with van der Waals surface area (Å²) in [6, 6.07) is 6.74. The monoisotopic (exact) mass is 246 g/mol. The Morgan fingerprint density at radius 1 is 1.39 bits per heavy atom. The maximum Gasteiger partial charge on any atom is 0.271 e. The first kappa shape index (κ1) is 12.3. The number of hydrogen-bond acceptors (Lipinski definition) is 3. The zero-order chi connectivity index (χ0) is 13.1. The first-order valence-electron chi connectivity index (χ1n) is 5.80. The van der Waals surface area contributed by atoms with Crippen LogP contribution in [-0.4, -0.2) is 15.3 Å². The van der Waals surface area contributed by atoms with Gasteiger partial charge in [0.25, 0.3) is 5.69 Å². The molecule has 0 bridgehead atoms. The van der Waals surface area contributed by atoms with Crippen molar-refractivity contribution in [2.24, 2.45) is 0 Å². The molecule has 0 aliphatic rings. The highest BCUT2D eigenvalue weighted by Crippen LogP contribution is 2.22. The summed E-state index contributed by atoms with van der Waals surface area (Å²) in [4.78, 5) is 21.2. The Hall–Kier alpha value is -2.17. The zero-order valence-electron chi connectivity index (χ0n) is 10.1. The second-order valence-electron chi connectivity index (χ2n) is 4.31. The van der Waals surface area contributed by atoms with Crippen LogP contribution in [0.2, 0.25) is 0 Å². The van der Waals surface area contributed by atoms with Crippen molar-refractivity contribution >= 4 is 22.4 Å². The normalized spacial score (nSPS) is 10.7. The number of carbonyl (C=O) groups is 1. The highest BCUT2D eigenvalue weighted by molar-refractivity contribution is 5.82. The molecule has 94 valence electrons. The van der Waals surface area contributed by atoms with Gasteiger partial charge in [0.05, 0.1) is 10.4 Å². The number of Topliss-reactive ketones (excluding diaryl/α,β-unsaturated/α-hetero) is 1. The summed E-state index contributed by atoms with van der Waals surface area (Å²) in [5.74, 6) is 0.164. The number of ketones is 1. The average molecular weight is 246 g/mol. The number of aromatic nitrogens is 1. The van der Waals surface area contributed by atoms with Crippen LogP contribution in [0.15, 0.2) is 30.5 Å². The number of rotatable bonds is 5. The first-order valence-corrected chi connectivity index (χ1v) is 5.80. The van der Waals surface area contributed by atoms with Gasteiger partial charge in [-0.1, -0.05) is 0 Å². The molecule has 1 aromatic heterocycles. The number of benzene rings is 1. The van der Waals surface area contributed by atoms with E-state index in [4.69, 9.17) is 0 Å². The van der Waals surface area contributed by atoms with Gasteiger partial charge < -0.3 is 9.36 Å². The molecule has 5 heteroatoms. The molecule has 0 aliphatic carbocycles. The molecule has 0 amide bonds. The van der Waals surface area contributed by atoms with Gasteiger partial charge in [0.15, 0.2) is 0 Å². The SMILES string of the molecule is CC(=O)CCCn1ccc2ccc([N+](=O)[O-])cc21. The summed E-state index contributed by atoms with van der Waals surface area (Å²) in [6.45, 7) is 2.27.